The molecule has 152 valence electrons. The highest BCUT2D eigenvalue weighted by Gasteiger charge is 2.04. The summed E-state index contributed by atoms with van der Waals surface area (Å²) in [7, 11) is 4.05. The van der Waals surface area contributed by atoms with Gasteiger partial charge in [0.2, 0.25) is 11.0 Å². The second kappa shape index (κ2) is 10.8. The van der Waals surface area contributed by atoms with Crippen LogP contribution in [0.25, 0.3) is 34.0 Å². The number of nitrogens with zero attached hydrogens (tertiary/aromatic N) is 2. The summed E-state index contributed by atoms with van der Waals surface area (Å²) >= 11 is 0. The van der Waals surface area contributed by atoms with Gasteiger partial charge < -0.3 is 48.0 Å². The van der Waals surface area contributed by atoms with Crippen molar-refractivity contribution >= 4 is 39.7 Å². The van der Waals surface area contributed by atoms with Crippen LogP contribution in [0.5, 0.6) is 0 Å². The average molecular weight is 620 g/mol. The third-order valence-electron chi connectivity index (χ3n) is 4.91. The summed E-state index contributed by atoms with van der Waals surface area (Å²) in [6, 6.07) is 20.6. The molecular formula is C25H22I2N2O. The van der Waals surface area contributed by atoms with Gasteiger partial charge in [0.15, 0.2) is 18.2 Å². The molecule has 0 amide bonds. The fraction of sp³-hybridized carbons (Fsp3) is 0.0800. The predicted octanol–water partition coefficient (Wildman–Crippen LogP) is -2.05. The first-order chi connectivity index (χ1) is 13.6. The first-order valence-electron chi connectivity index (χ1n) is 9.27. The molecule has 0 bridgehead atoms. The van der Waals surface area contributed by atoms with E-state index in [9.17, 15) is 4.79 Å². The lowest BCUT2D eigenvalue weighted by atomic mass is 10.1. The van der Waals surface area contributed by atoms with Crippen molar-refractivity contribution in [2.75, 3.05) is 0 Å². The van der Waals surface area contributed by atoms with Crippen molar-refractivity contribution in [3.63, 3.8) is 0 Å². The lowest BCUT2D eigenvalue weighted by molar-refractivity contribution is -0.645. The van der Waals surface area contributed by atoms with Crippen molar-refractivity contribution in [3.8, 4) is 0 Å². The van der Waals surface area contributed by atoms with Gasteiger partial charge in [-0.05, 0) is 59.7 Å². The van der Waals surface area contributed by atoms with Crippen molar-refractivity contribution in [2.24, 2.45) is 14.1 Å². The zero-order chi connectivity index (χ0) is 19.5. The van der Waals surface area contributed by atoms with Crippen LogP contribution in [0, 0.1) is 0 Å². The Kier molecular flexibility index (Phi) is 8.66. The van der Waals surface area contributed by atoms with E-state index in [2.05, 4.69) is 45.5 Å². The number of aryl methyl sites for hydroxylation is 2. The van der Waals surface area contributed by atoms with Crippen LogP contribution in [0.1, 0.15) is 11.1 Å². The van der Waals surface area contributed by atoms with Crippen LogP contribution in [-0.4, -0.2) is 5.78 Å². The molecule has 0 unspecified atom stereocenters. The molecule has 0 N–H and O–H groups in total. The van der Waals surface area contributed by atoms with Crippen LogP contribution in [-0.2, 0) is 18.9 Å². The number of carbonyl (C=O) groups is 1. The molecule has 4 rings (SSSR count). The fourth-order valence-electron chi connectivity index (χ4n) is 3.39. The highest BCUT2D eigenvalue weighted by atomic mass is 127. The first-order valence-corrected chi connectivity index (χ1v) is 9.27. The standard InChI is InChI=1S/C25H22N2O.2HI/c1-26-15-3-5-21-17-19(9-13-24(21)26)7-11-23(28)12-8-20-10-14-25-22(18-20)6-4-16-27(25)2;;/h3-18H,1-2H3;2*1H/q+2;;/p-2/b11-7+,12-8+;;. The highest BCUT2D eigenvalue weighted by molar-refractivity contribution is 6.04. The van der Waals surface area contributed by atoms with Gasteiger partial charge in [-0.3, -0.25) is 4.79 Å². The average Bonchev–Trinajstić information content (AvgIpc) is 2.71. The van der Waals surface area contributed by atoms with Crippen LogP contribution in [0.15, 0.2) is 85.2 Å². The van der Waals surface area contributed by atoms with Gasteiger partial charge >= 0.3 is 0 Å². The first kappa shape index (κ1) is 24.1. The van der Waals surface area contributed by atoms with E-state index < -0.39 is 0 Å². The second-order valence-electron chi connectivity index (χ2n) is 6.94. The largest absolute Gasteiger partial charge is 1.00 e. The van der Waals surface area contributed by atoms with Gasteiger partial charge in [-0.2, -0.15) is 0 Å². The van der Waals surface area contributed by atoms with E-state index in [4.69, 9.17) is 0 Å². The number of halogens is 2. The van der Waals surface area contributed by atoms with Crippen LogP contribution in [0.4, 0.5) is 0 Å². The number of pyridine rings is 2. The monoisotopic (exact) mass is 620 g/mol. The van der Waals surface area contributed by atoms with Gasteiger partial charge in [-0.25, -0.2) is 9.13 Å². The number of carbonyl (C=O) groups excluding carboxylic acids is 1. The molecule has 0 atom stereocenters. The van der Waals surface area contributed by atoms with E-state index >= 15 is 0 Å². The molecule has 0 radical (unpaired) electrons. The number of hydrogen-bond donors (Lipinski definition) is 0. The Balaban J connectivity index is 0.00000160. The molecule has 2 heterocycles. The normalized spacial score (nSPS) is 11.0. The van der Waals surface area contributed by atoms with Crippen LogP contribution in [0.3, 0.4) is 0 Å². The van der Waals surface area contributed by atoms with E-state index in [1.807, 2.05) is 62.9 Å². The fourth-order valence-corrected chi connectivity index (χ4v) is 3.39. The third kappa shape index (κ3) is 5.51. The molecule has 0 spiro atoms. The maximum atomic E-state index is 12.2. The molecule has 4 aromatic rings. The summed E-state index contributed by atoms with van der Waals surface area (Å²) < 4.78 is 4.17. The number of aromatic nitrogens is 2. The summed E-state index contributed by atoms with van der Waals surface area (Å²) in [5.74, 6) is -0.0302. The quantitative estimate of drug-likeness (QED) is 0.147. The summed E-state index contributed by atoms with van der Waals surface area (Å²) in [6.45, 7) is 0. The maximum absolute atomic E-state index is 12.2. The Morgan fingerprint density at radius 2 is 1.13 bits per heavy atom. The van der Waals surface area contributed by atoms with Gasteiger partial charge in [0.05, 0.1) is 0 Å². The molecule has 0 aliphatic rings. The molecule has 2 aromatic heterocycles. The van der Waals surface area contributed by atoms with Gasteiger partial charge in [-0.15, -0.1) is 0 Å². The highest BCUT2D eigenvalue weighted by Crippen LogP contribution is 2.15. The van der Waals surface area contributed by atoms with E-state index in [1.54, 1.807) is 12.2 Å². The Labute approximate surface area is 210 Å². The summed E-state index contributed by atoms with van der Waals surface area (Å²) in [5.41, 5.74) is 4.35. The topological polar surface area (TPSA) is 24.8 Å². The van der Waals surface area contributed by atoms with Crippen molar-refractivity contribution in [3.05, 3.63) is 96.3 Å². The summed E-state index contributed by atoms with van der Waals surface area (Å²) in [5, 5.41) is 2.30. The number of benzene rings is 2. The Morgan fingerprint density at radius 3 is 1.57 bits per heavy atom. The summed E-state index contributed by atoms with van der Waals surface area (Å²) in [4.78, 5) is 12.2. The van der Waals surface area contributed by atoms with Crippen molar-refractivity contribution < 1.29 is 61.9 Å². The lowest BCUT2D eigenvalue weighted by Gasteiger charge is -1.98. The Bertz CT molecular complexity index is 1170. The molecule has 0 fully saturated rings. The minimum atomic E-state index is -0.0302. The van der Waals surface area contributed by atoms with Crippen LogP contribution >= 0.6 is 0 Å². The van der Waals surface area contributed by atoms with Gasteiger partial charge in [-0.1, -0.05) is 12.2 Å². The molecule has 5 heteroatoms. The molecule has 0 aliphatic carbocycles. The third-order valence-corrected chi connectivity index (χ3v) is 4.91. The van der Waals surface area contributed by atoms with Gasteiger partial charge in [0.1, 0.15) is 14.1 Å². The minimum Gasteiger partial charge on any atom is -1.00 e. The zero-order valence-electron chi connectivity index (χ0n) is 16.8. The van der Waals surface area contributed by atoms with E-state index in [0.29, 0.717) is 0 Å². The van der Waals surface area contributed by atoms with E-state index in [1.165, 1.54) is 0 Å². The SMILES string of the molecule is C[n+]1cccc2cc(/C=C/C(=O)/C=C/c3ccc4c(ccc[n+]4C)c3)ccc21.[I-].[I-]. The van der Waals surface area contributed by atoms with E-state index in [-0.39, 0.29) is 53.7 Å². The molecule has 30 heavy (non-hydrogen) atoms. The smallest absolute Gasteiger partial charge is 0.212 e. The number of allylic oxidation sites excluding steroid dienone is 2. The number of rotatable bonds is 4. The Morgan fingerprint density at radius 1 is 0.700 bits per heavy atom. The minimum absolute atomic E-state index is 0. The van der Waals surface area contributed by atoms with Gasteiger partial charge in [0.25, 0.3) is 0 Å². The lowest BCUT2D eigenvalue weighted by Crippen LogP contribution is -3.00. The Hall–Kier alpha value is -2.13. The van der Waals surface area contributed by atoms with Crippen molar-refractivity contribution in [2.45, 2.75) is 0 Å². The van der Waals surface area contributed by atoms with Crippen molar-refractivity contribution in [1.82, 2.24) is 0 Å². The molecular weight excluding hydrogens is 598 g/mol. The zero-order valence-corrected chi connectivity index (χ0v) is 21.1. The summed E-state index contributed by atoms with van der Waals surface area (Å²) in [6.07, 6.45) is 11.0. The predicted molar refractivity (Wildman–Crippen MR) is 113 cm³/mol. The number of hydrogen-bond acceptors (Lipinski definition) is 1. The van der Waals surface area contributed by atoms with Crippen LogP contribution < -0.4 is 57.1 Å². The number of fused-ring (bicyclic) bond motifs is 2. The number of ketones is 1. The molecule has 0 saturated carbocycles. The molecule has 0 saturated heterocycles. The van der Waals surface area contributed by atoms with E-state index in [0.717, 1.165) is 32.9 Å². The maximum Gasteiger partial charge on any atom is 0.212 e. The van der Waals surface area contributed by atoms with Crippen molar-refractivity contribution in [1.29, 1.82) is 0 Å². The second-order valence-corrected chi connectivity index (χ2v) is 6.94. The van der Waals surface area contributed by atoms with Crippen LogP contribution in [0.2, 0.25) is 0 Å². The molecule has 2 aromatic carbocycles. The van der Waals surface area contributed by atoms with Gasteiger partial charge in [0, 0.05) is 35.0 Å². The molecule has 0 aliphatic heterocycles. The molecule has 3 nitrogen and oxygen atoms in total.